The van der Waals surface area contributed by atoms with Crippen LogP contribution in [-0.2, 0) is 14.6 Å². The number of carboxylic acids is 1. The molecule has 0 bridgehead atoms. The lowest BCUT2D eigenvalue weighted by atomic mass is 9.93. The summed E-state index contributed by atoms with van der Waals surface area (Å²) in [6.07, 6.45) is 4.25. The van der Waals surface area contributed by atoms with Crippen molar-refractivity contribution in [1.29, 1.82) is 0 Å². The Morgan fingerprint density at radius 1 is 1.47 bits per heavy atom. The third-order valence-corrected chi connectivity index (χ3v) is 4.07. The lowest BCUT2D eigenvalue weighted by Gasteiger charge is -2.32. The molecule has 1 rings (SSSR count). The maximum atomic E-state index is 11.1. The molecule has 1 aliphatic rings. The number of sulfone groups is 1. The van der Waals surface area contributed by atoms with Crippen LogP contribution in [0.1, 0.15) is 25.7 Å². The number of rotatable bonds is 6. The van der Waals surface area contributed by atoms with Gasteiger partial charge in [0, 0.05) is 25.8 Å². The van der Waals surface area contributed by atoms with Crippen LogP contribution in [-0.4, -0.2) is 56.0 Å². The Morgan fingerprint density at radius 3 is 2.76 bits per heavy atom. The maximum absolute atomic E-state index is 11.1. The second-order valence-corrected chi connectivity index (χ2v) is 7.13. The van der Waals surface area contributed by atoms with Crippen molar-refractivity contribution >= 4 is 15.8 Å². The number of hydrogen-bond donors (Lipinski definition) is 1. The zero-order valence-corrected chi connectivity index (χ0v) is 11.1. The minimum Gasteiger partial charge on any atom is -0.481 e. The average molecular weight is 263 g/mol. The van der Waals surface area contributed by atoms with Crippen molar-refractivity contribution in [1.82, 2.24) is 4.90 Å². The average Bonchev–Trinajstić information content (AvgIpc) is 2.23. The van der Waals surface area contributed by atoms with Gasteiger partial charge >= 0.3 is 5.97 Å². The van der Waals surface area contributed by atoms with Crippen LogP contribution in [0.15, 0.2) is 0 Å². The molecule has 0 aromatic heterocycles. The zero-order chi connectivity index (χ0) is 12.9. The predicted molar refractivity (Wildman–Crippen MR) is 65.7 cm³/mol. The molecule has 1 N–H and O–H groups in total. The molecule has 0 radical (unpaired) electrons. The van der Waals surface area contributed by atoms with E-state index in [1.54, 1.807) is 0 Å². The van der Waals surface area contributed by atoms with Crippen molar-refractivity contribution in [3.05, 3.63) is 0 Å². The highest BCUT2D eigenvalue weighted by molar-refractivity contribution is 7.90. The molecule has 0 amide bonds. The largest absolute Gasteiger partial charge is 0.481 e. The standard InChI is InChI=1S/C11H21NO4S/c1-17(15,16)8-7-12-6-2-3-10(9-12)4-5-11(13)14/h10H,2-9H2,1H3,(H,13,14). The molecule has 6 heteroatoms. The van der Waals surface area contributed by atoms with Crippen LogP contribution in [0.2, 0.25) is 0 Å². The summed E-state index contributed by atoms with van der Waals surface area (Å²) in [6, 6.07) is 0. The minimum atomic E-state index is -2.90. The molecular formula is C11H21NO4S. The van der Waals surface area contributed by atoms with Gasteiger partial charge in [-0.1, -0.05) is 0 Å². The van der Waals surface area contributed by atoms with Crippen LogP contribution in [0, 0.1) is 5.92 Å². The molecule has 0 saturated carbocycles. The fourth-order valence-electron chi connectivity index (χ4n) is 2.21. The summed E-state index contributed by atoms with van der Waals surface area (Å²) in [5, 5.41) is 8.63. The summed E-state index contributed by atoms with van der Waals surface area (Å²) in [7, 11) is -2.90. The van der Waals surface area contributed by atoms with Crippen molar-refractivity contribution in [2.75, 3.05) is 31.6 Å². The number of hydrogen-bond acceptors (Lipinski definition) is 4. The van der Waals surface area contributed by atoms with Gasteiger partial charge in [-0.05, 0) is 31.7 Å². The van der Waals surface area contributed by atoms with Gasteiger partial charge in [0.15, 0.2) is 0 Å². The first-order valence-electron chi connectivity index (χ1n) is 5.98. The molecule has 1 heterocycles. The van der Waals surface area contributed by atoms with Gasteiger partial charge in [0.25, 0.3) is 0 Å². The molecule has 1 aliphatic heterocycles. The molecule has 100 valence electrons. The van der Waals surface area contributed by atoms with Gasteiger partial charge in [-0.15, -0.1) is 0 Å². The molecule has 1 atom stereocenters. The van der Waals surface area contributed by atoms with E-state index in [0.717, 1.165) is 25.9 Å². The monoisotopic (exact) mass is 263 g/mol. The number of likely N-dealkylation sites (tertiary alicyclic amines) is 1. The second-order valence-electron chi connectivity index (χ2n) is 4.87. The Hall–Kier alpha value is -0.620. The molecule has 17 heavy (non-hydrogen) atoms. The summed E-state index contributed by atoms with van der Waals surface area (Å²) in [6.45, 7) is 2.34. The quantitative estimate of drug-likeness (QED) is 0.760. The topological polar surface area (TPSA) is 74.7 Å². The Kier molecular flexibility index (Phi) is 5.39. The van der Waals surface area contributed by atoms with E-state index in [2.05, 4.69) is 4.90 Å². The van der Waals surface area contributed by atoms with Crippen molar-refractivity contribution in [2.24, 2.45) is 5.92 Å². The van der Waals surface area contributed by atoms with Gasteiger partial charge in [0.05, 0.1) is 5.75 Å². The Bertz CT molecular complexity index is 352. The number of aliphatic carboxylic acids is 1. The number of piperidine rings is 1. The first kappa shape index (κ1) is 14.4. The van der Waals surface area contributed by atoms with Crippen LogP contribution in [0.5, 0.6) is 0 Å². The number of carbonyl (C=O) groups is 1. The van der Waals surface area contributed by atoms with Crippen LogP contribution in [0.3, 0.4) is 0 Å². The molecule has 1 fully saturated rings. The summed E-state index contributed by atoms with van der Waals surface area (Å²) in [5.74, 6) is -0.156. The van der Waals surface area contributed by atoms with Gasteiger partial charge in [-0.2, -0.15) is 0 Å². The van der Waals surface area contributed by atoms with Crippen molar-refractivity contribution in [3.8, 4) is 0 Å². The Morgan fingerprint density at radius 2 is 2.18 bits per heavy atom. The van der Waals surface area contributed by atoms with Gasteiger partial charge in [-0.3, -0.25) is 4.79 Å². The third-order valence-electron chi connectivity index (χ3n) is 3.15. The molecular weight excluding hydrogens is 242 g/mol. The maximum Gasteiger partial charge on any atom is 0.303 e. The van der Waals surface area contributed by atoms with E-state index in [1.165, 1.54) is 6.26 Å². The van der Waals surface area contributed by atoms with Crippen LogP contribution in [0.25, 0.3) is 0 Å². The van der Waals surface area contributed by atoms with E-state index in [0.29, 0.717) is 18.9 Å². The molecule has 0 aromatic carbocycles. The summed E-state index contributed by atoms with van der Waals surface area (Å²) in [4.78, 5) is 12.6. The molecule has 1 saturated heterocycles. The zero-order valence-electron chi connectivity index (χ0n) is 10.3. The third kappa shape index (κ3) is 6.63. The van der Waals surface area contributed by atoms with E-state index < -0.39 is 15.8 Å². The molecule has 1 unspecified atom stereocenters. The predicted octanol–water partition coefficient (Wildman–Crippen LogP) is 0.608. The van der Waals surface area contributed by atoms with E-state index >= 15 is 0 Å². The van der Waals surface area contributed by atoms with E-state index in [-0.39, 0.29) is 12.2 Å². The lowest BCUT2D eigenvalue weighted by molar-refractivity contribution is -0.137. The van der Waals surface area contributed by atoms with E-state index in [1.807, 2.05) is 0 Å². The van der Waals surface area contributed by atoms with E-state index in [4.69, 9.17) is 5.11 Å². The Labute approximate surface area is 103 Å². The molecule has 0 aromatic rings. The van der Waals surface area contributed by atoms with Crippen LogP contribution in [0.4, 0.5) is 0 Å². The number of carboxylic acid groups (broad SMARTS) is 1. The van der Waals surface area contributed by atoms with Gasteiger partial charge in [-0.25, -0.2) is 8.42 Å². The molecule has 5 nitrogen and oxygen atoms in total. The number of nitrogens with zero attached hydrogens (tertiary/aromatic N) is 1. The fourth-order valence-corrected chi connectivity index (χ4v) is 2.80. The highest BCUT2D eigenvalue weighted by Crippen LogP contribution is 2.20. The highest BCUT2D eigenvalue weighted by Gasteiger charge is 2.21. The second kappa shape index (κ2) is 6.35. The Balaban J connectivity index is 2.31. The first-order valence-corrected chi connectivity index (χ1v) is 8.05. The molecule has 0 aliphatic carbocycles. The van der Waals surface area contributed by atoms with Gasteiger partial charge in [0.1, 0.15) is 9.84 Å². The minimum absolute atomic E-state index is 0.193. The van der Waals surface area contributed by atoms with Crippen molar-refractivity contribution in [2.45, 2.75) is 25.7 Å². The summed E-state index contributed by atoms with van der Waals surface area (Å²) in [5.41, 5.74) is 0. The van der Waals surface area contributed by atoms with E-state index in [9.17, 15) is 13.2 Å². The van der Waals surface area contributed by atoms with Gasteiger partial charge < -0.3 is 10.0 Å². The van der Waals surface area contributed by atoms with Crippen molar-refractivity contribution in [3.63, 3.8) is 0 Å². The van der Waals surface area contributed by atoms with Crippen LogP contribution < -0.4 is 0 Å². The normalized spacial score (nSPS) is 22.5. The highest BCUT2D eigenvalue weighted by atomic mass is 32.2. The van der Waals surface area contributed by atoms with Gasteiger partial charge in [0.2, 0.25) is 0 Å². The van der Waals surface area contributed by atoms with Crippen LogP contribution >= 0.6 is 0 Å². The summed E-state index contributed by atoms with van der Waals surface area (Å²) >= 11 is 0. The lowest BCUT2D eigenvalue weighted by Crippen LogP contribution is -2.38. The summed E-state index contributed by atoms with van der Waals surface area (Å²) < 4.78 is 22.1. The molecule has 0 spiro atoms. The first-order chi connectivity index (χ1) is 7.87. The SMILES string of the molecule is CS(=O)(=O)CCN1CCCC(CCC(=O)O)C1. The van der Waals surface area contributed by atoms with Crippen molar-refractivity contribution < 1.29 is 18.3 Å². The fraction of sp³-hybridized carbons (Fsp3) is 0.909. The smallest absolute Gasteiger partial charge is 0.303 e.